The number of rotatable bonds is 9. The van der Waals surface area contributed by atoms with E-state index in [1.807, 2.05) is 31.2 Å². The summed E-state index contributed by atoms with van der Waals surface area (Å²) in [6, 6.07) is 13.1. The van der Waals surface area contributed by atoms with E-state index in [1.54, 1.807) is 37.1 Å². The number of ether oxygens (including phenoxy) is 2. The molecule has 25 heavy (non-hydrogen) atoms. The summed E-state index contributed by atoms with van der Waals surface area (Å²) in [7, 11) is 1.56. The molecule has 1 amide bonds. The van der Waals surface area contributed by atoms with E-state index >= 15 is 0 Å². The Bertz CT molecular complexity index is 709. The van der Waals surface area contributed by atoms with Gasteiger partial charge < -0.3 is 14.8 Å². The molecular weight excluding hydrogens is 358 g/mol. The molecule has 0 unspecified atom stereocenters. The fourth-order valence-electron chi connectivity index (χ4n) is 2.19. The number of amides is 1. The summed E-state index contributed by atoms with van der Waals surface area (Å²) in [5, 5.41) is 3.39. The van der Waals surface area contributed by atoms with Crippen LogP contribution < -0.4 is 14.8 Å². The number of carbonyl (C=O) groups excluding carboxylic acids is 1. The summed E-state index contributed by atoms with van der Waals surface area (Å²) in [6.07, 6.45) is 0.421. The summed E-state index contributed by atoms with van der Waals surface area (Å²) in [5.41, 5.74) is 1.72. The zero-order chi connectivity index (χ0) is 18.1. The second kappa shape index (κ2) is 10.2. The number of halogens is 1. The minimum atomic E-state index is -0.0621. The maximum absolute atomic E-state index is 12.0. The first-order valence-corrected chi connectivity index (χ1v) is 9.53. The third-order valence-electron chi connectivity index (χ3n) is 3.49. The van der Waals surface area contributed by atoms with Crippen LogP contribution in [0.15, 0.2) is 42.5 Å². The van der Waals surface area contributed by atoms with Crippen LogP contribution >= 0.6 is 23.4 Å². The average Bonchev–Trinajstić information content (AvgIpc) is 2.59. The molecule has 2 aromatic carbocycles. The third-order valence-corrected chi connectivity index (χ3v) is 4.67. The lowest BCUT2D eigenvalue weighted by molar-refractivity contribution is -0.115. The number of carbonyl (C=O) groups is 1. The highest BCUT2D eigenvalue weighted by Crippen LogP contribution is 2.27. The molecule has 0 aromatic heterocycles. The van der Waals surface area contributed by atoms with E-state index in [0.29, 0.717) is 29.5 Å². The number of methoxy groups -OCH3 is 1. The number of anilines is 1. The van der Waals surface area contributed by atoms with Crippen molar-refractivity contribution in [3.63, 3.8) is 0 Å². The number of thioether (sulfide) groups is 1. The van der Waals surface area contributed by atoms with E-state index < -0.39 is 0 Å². The van der Waals surface area contributed by atoms with Gasteiger partial charge in [-0.1, -0.05) is 29.8 Å². The minimum Gasteiger partial charge on any atom is -0.495 e. The van der Waals surface area contributed by atoms with Gasteiger partial charge >= 0.3 is 0 Å². The number of para-hydroxylation sites is 1. The second-order valence-corrected chi connectivity index (χ2v) is 7.03. The molecule has 134 valence electrons. The highest BCUT2D eigenvalue weighted by molar-refractivity contribution is 7.99. The predicted octanol–water partition coefficient (Wildman–Crippen LogP) is 4.80. The molecule has 0 aliphatic carbocycles. The summed E-state index contributed by atoms with van der Waals surface area (Å²) < 4.78 is 10.9. The SMILES string of the molecule is COc1ccc(Cl)cc1NC(=O)CCSCCOc1ccccc1C. The van der Waals surface area contributed by atoms with Gasteiger partial charge in [-0.2, -0.15) is 11.8 Å². The first-order valence-electron chi connectivity index (χ1n) is 7.99. The van der Waals surface area contributed by atoms with Gasteiger partial charge in [0.1, 0.15) is 11.5 Å². The zero-order valence-corrected chi connectivity index (χ0v) is 16.0. The van der Waals surface area contributed by atoms with E-state index in [0.717, 1.165) is 22.8 Å². The van der Waals surface area contributed by atoms with Crippen LogP contribution in [0.2, 0.25) is 5.02 Å². The molecule has 0 fully saturated rings. The molecule has 2 rings (SSSR count). The monoisotopic (exact) mass is 379 g/mol. The maximum atomic E-state index is 12.0. The Morgan fingerprint density at radius 3 is 2.72 bits per heavy atom. The van der Waals surface area contributed by atoms with Gasteiger partial charge in [-0.25, -0.2) is 0 Å². The van der Waals surface area contributed by atoms with Crippen LogP contribution in [0.5, 0.6) is 11.5 Å². The standard InChI is InChI=1S/C19H22ClNO3S/c1-14-5-3-4-6-17(14)24-10-12-25-11-9-19(22)21-16-13-15(20)7-8-18(16)23-2/h3-8,13H,9-12H2,1-2H3,(H,21,22). The number of benzene rings is 2. The molecule has 0 radical (unpaired) electrons. The summed E-state index contributed by atoms with van der Waals surface area (Å²) >= 11 is 7.64. The van der Waals surface area contributed by atoms with Gasteiger partial charge in [0.2, 0.25) is 5.91 Å². The fourth-order valence-corrected chi connectivity index (χ4v) is 3.09. The molecule has 1 N–H and O–H groups in total. The molecule has 0 aliphatic heterocycles. The number of hydrogen-bond acceptors (Lipinski definition) is 4. The Labute approximate surface area is 157 Å². The Hall–Kier alpha value is -1.85. The molecular formula is C19H22ClNO3S. The lowest BCUT2D eigenvalue weighted by atomic mass is 10.2. The van der Waals surface area contributed by atoms with Gasteiger partial charge in [-0.3, -0.25) is 4.79 Å². The van der Waals surface area contributed by atoms with Gasteiger partial charge in [-0.15, -0.1) is 0 Å². The molecule has 0 spiro atoms. The number of hydrogen-bond donors (Lipinski definition) is 1. The summed E-state index contributed by atoms with van der Waals surface area (Å²) in [4.78, 5) is 12.0. The van der Waals surface area contributed by atoms with Crippen molar-refractivity contribution in [2.24, 2.45) is 0 Å². The van der Waals surface area contributed by atoms with Crippen molar-refractivity contribution in [2.75, 3.05) is 30.5 Å². The average molecular weight is 380 g/mol. The van der Waals surface area contributed by atoms with Gasteiger partial charge in [-0.05, 0) is 36.8 Å². The maximum Gasteiger partial charge on any atom is 0.225 e. The molecule has 2 aromatic rings. The van der Waals surface area contributed by atoms with Crippen LogP contribution in [0.4, 0.5) is 5.69 Å². The molecule has 0 saturated heterocycles. The van der Waals surface area contributed by atoms with Crippen molar-refractivity contribution < 1.29 is 14.3 Å². The molecule has 0 aliphatic rings. The Morgan fingerprint density at radius 2 is 1.96 bits per heavy atom. The van der Waals surface area contributed by atoms with Crippen LogP contribution in [0.25, 0.3) is 0 Å². The van der Waals surface area contributed by atoms with Gasteiger partial charge in [0.05, 0.1) is 19.4 Å². The molecule has 0 atom stereocenters. The smallest absolute Gasteiger partial charge is 0.225 e. The van der Waals surface area contributed by atoms with Crippen molar-refractivity contribution >= 4 is 35.0 Å². The normalized spacial score (nSPS) is 10.4. The second-order valence-electron chi connectivity index (χ2n) is 5.37. The predicted molar refractivity (Wildman–Crippen MR) is 105 cm³/mol. The molecule has 0 bridgehead atoms. The van der Waals surface area contributed by atoms with Crippen LogP contribution in [0, 0.1) is 6.92 Å². The van der Waals surface area contributed by atoms with Crippen molar-refractivity contribution in [1.82, 2.24) is 0 Å². The van der Waals surface area contributed by atoms with Crippen LogP contribution in [0.1, 0.15) is 12.0 Å². The lowest BCUT2D eigenvalue weighted by Gasteiger charge is -2.11. The number of aryl methyl sites for hydroxylation is 1. The van der Waals surface area contributed by atoms with Crippen molar-refractivity contribution in [1.29, 1.82) is 0 Å². The van der Waals surface area contributed by atoms with E-state index in [2.05, 4.69) is 5.32 Å². The largest absolute Gasteiger partial charge is 0.495 e. The van der Waals surface area contributed by atoms with Gasteiger partial charge in [0, 0.05) is 22.9 Å². The zero-order valence-electron chi connectivity index (χ0n) is 14.4. The Balaban J connectivity index is 1.66. The Kier molecular flexibility index (Phi) is 7.95. The van der Waals surface area contributed by atoms with E-state index in [4.69, 9.17) is 21.1 Å². The van der Waals surface area contributed by atoms with E-state index in [-0.39, 0.29) is 5.91 Å². The molecule has 6 heteroatoms. The van der Waals surface area contributed by atoms with Crippen molar-refractivity contribution in [3.8, 4) is 11.5 Å². The van der Waals surface area contributed by atoms with Crippen LogP contribution in [-0.2, 0) is 4.79 Å². The van der Waals surface area contributed by atoms with Crippen molar-refractivity contribution in [2.45, 2.75) is 13.3 Å². The number of nitrogens with one attached hydrogen (secondary N) is 1. The first-order chi connectivity index (χ1) is 12.1. The topological polar surface area (TPSA) is 47.6 Å². The quantitative estimate of drug-likeness (QED) is 0.636. The first kappa shape index (κ1) is 19.5. The highest BCUT2D eigenvalue weighted by atomic mass is 35.5. The summed E-state index contributed by atoms with van der Waals surface area (Å²) in [6.45, 7) is 2.65. The molecule has 0 heterocycles. The third kappa shape index (κ3) is 6.52. The van der Waals surface area contributed by atoms with Crippen LogP contribution in [0.3, 0.4) is 0 Å². The molecule has 0 saturated carbocycles. The fraction of sp³-hybridized carbons (Fsp3) is 0.316. The minimum absolute atomic E-state index is 0.0621. The van der Waals surface area contributed by atoms with Gasteiger partial charge in [0.15, 0.2) is 0 Å². The van der Waals surface area contributed by atoms with E-state index in [9.17, 15) is 4.79 Å². The van der Waals surface area contributed by atoms with Crippen molar-refractivity contribution in [3.05, 3.63) is 53.1 Å². The highest BCUT2D eigenvalue weighted by Gasteiger charge is 2.08. The van der Waals surface area contributed by atoms with Gasteiger partial charge in [0.25, 0.3) is 0 Å². The Morgan fingerprint density at radius 1 is 1.16 bits per heavy atom. The van der Waals surface area contributed by atoms with Crippen LogP contribution in [-0.4, -0.2) is 31.1 Å². The molecule has 4 nitrogen and oxygen atoms in total. The lowest BCUT2D eigenvalue weighted by Crippen LogP contribution is -2.13. The van der Waals surface area contributed by atoms with E-state index in [1.165, 1.54) is 0 Å². The summed E-state index contributed by atoms with van der Waals surface area (Å²) in [5.74, 6) is 3.01.